The minimum atomic E-state index is -0.0300. The summed E-state index contributed by atoms with van der Waals surface area (Å²) in [6.07, 6.45) is 6.85. The molecular formula is C24H31N7O2. The van der Waals surface area contributed by atoms with Crippen LogP contribution in [0.4, 0.5) is 23.1 Å². The topological polar surface area (TPSA) is 109 Å². The molecule has 2 aromatic heterocycles. The molecule has 33 heavy (non-hydrogen) atoms. The summed E-state index contributed by atoms with van der Waals surface area (Å²) in [7, 11) is 1.87. The van der Waals surface area contributed by atoms with E-state index >= 15 is 0 Å². The van der Waals surface area contributed by atoms with Crippen LogP contribution in [0.25, 0.3) is 0 Å². The molecule has 9 heteroatoms. The van der Waals surface area contributed by atoms with Gasteiger partial charge in [-0.15, -0.1) is 0 Å². The zero-order chi connectivity index (χ0) is 22.9. The maximum atomic E-state index is 10.4. The van der Waals surface area contributed by atoms with E-state index in [1.807, 2.05) is 19.3 Å². The fourth-order valence-electron chi connectivity index (χ4n) is 4.10. The molecule has 1 saturated heterocycles. The van der Waals surface area contributed by atoms with Gasteiger partial charge in [-0.25, -0.2) is 4.98 Å². The van der Waals surface area contributed by atoms with E-state index in [9.17, 15) is 5.11 Å². The molecule has 1 aromatic carbocycles. The first kappa shape index (κ1) is 21.5. The summed E-state index contributed by atoms with van der Waals surface area (Å²) in [5.41, 5.74) is 3.81. The molecule has 3 aromatic rings. The third kappa shape index (κ3) is 4.88. The number of aromatic nitrogens is 4. The third-order valence-electron chi connectivity index (χ3n) is 6.03. The zero-order valence-corrected chi connectivity index (χ0v) is 19.3. The van der Waals surface area contributed by atoms with Crippen molar-refractivity contribution < 1.29 is 9.84 Å². The Balaban J connectivity index is 1.40. The van der Waals surface area contributed by atoms with Crippen LogP contribution in [0.1, 0.15) is 56.2 Å². The van der Waals surface area contributed by atoms with Crippen molar-refractivity contribution in [2.24, 2.45) is 7.05 Å². The predicted octanol–water partition coefficient (Wildman–Crippen LogP) is 4.14. The highest BCUT2D eigenvalue weighted by molar-refractivity contribution is 5.68. The summed E-state index contributed by atoms with van der Waals surface area (Å²) >= 11 is 0. The van der Waals surface area contributed by atoms with Gasteiger partial charge in [0.2, 0.25) is 5.95 Å². The van der Waals surface area contributed by atoms with Gasteiger partial charge in [-0.3, -0.25) is 4.68 Å². The Morgan fingerprint density at radius 2 is 2.03 bits per heavy atom. The van der Waals surface area contributed by atoms with Gasteiger partial charge in [0, 0.05) is 19.8 Å². The molecule has 0 spiro atoms. The summed E-state index contributed by atoms with van der Waals surface area (Å²) in [6.45, 7) is 6.20. The first-order valence-corrected chi connectivity index (χ1v) is 11.6. The van der Waals surface area contributed by atoms with E-state index in [1.54, 1.807) is 4.68 Å². The van der Waals surface area contributed by atoms with Crippen molar-refractivity contribution in [1.82, 2.24) is 25.1 Å². The van der Waals surface area contributed by atoms with Gasteiger partial charge < -0.3 is 25.8 Å². The average Bonchev–Trinajstić information content (AvgIpc) is 3.28. The van der Waals surface area contributed by atoms with Gasteiger partial charge in [0.05, 0.1) is 29.4 Å². The van der Waals surface area contributed by atoms with Crippen LogP contribution in [-0.4, -0.2) is 44.0 Å². The number of nitrogens with one attached hydrogen (secondary N) is 3. The minimum absolute atomic E-state index is 0.0300. The van der Waals surface area contributed by atoms with Crippen LogP contribution in [0.15, 0.2) is 30.6 Å². The molecule has 4 N–H and O–H groups in total. The molecule has 1 aliphatic heterocycles. The van der Waals surface area contributed by atoms with E-state index in [0.717, 1.165) is 55.2 Å². The number of hydrogen-bond donors (Lipinski definition) is 4. The molecule has 2 aliphatic rings. The van der Waals surface area contributed by atoms with Crippen molar-refractivity contribution in [3.05, 3.63) is 41.9 Å². The fraction of sp³-hybridized carbons (Fsp3) is 0.458. The lowest BCUT2D eigenvalue weighted by Gasteiger charge is -2.17. The van der Waals surface area contributed by atoms with Gasteiger partial charge in [-0.05, 0) is 55.3 Å². The number of hydrogen-bond acceptors (Lipinski definition) is 8. The van der Waals surface area contributed by atoms with Crippen LogP contribution < -0.4 is 20.7 Å². The SMILES string of the molecule is CC(C)c1nn(C)cc1Nc1nc(Nc2ccc(C3CCNC3)cc2OC2CC2)ncc1O. The third-order valence-corrected chi connectivity index (χ3v) is 6.03. The molecule has 1 atom stereocenters. The molecule has 9 nitrogen and oxygen atoms in total. The maximum absolute atomic E-state index is 10.4. The Kier molecular flexibility index (Phi) is 5.80. The van der Waals surface area contributed by atoms with Crippen LogP contribution in [0.5, 0.6) is 11.5 Å². The molecule has 1 unspecified atom stereocenters. The second kappa shape index (κ2) is 8.90. The molecule has 0 amide bonds. The zero-order valence-electron chi connectivity index (χ0n) is 19.3. The van der Waals surface area contributed by atoms with Crippen molar-refractivity contribution in [1.29, 1.82) is 0 Å². The molecule has 1 saturated carbocycles. The Labute approximate surface area is 193 Å². The Hall–Kier alpha value is -3.33. The first-order chi connectivity index (χ1) is 16.0. The molecule has 0 radical (unpaired) electrons. The number of anilines is 4. The van der Waals surface area contributed by atoms with Gasteiger partial charge in [0.25, 0.3) is 0 Å². The number of ether oxygens (including phenoxy) is 1. The van der Waals surface area contributed by atoms with Crippen LogP contribution in [0.3, 0.4) is 0 Å². The van der Waals surface area contributed by atoms with E-state index in [2.05, 4.69) is 57.0 Å². The number of rotatable bonds is 8. The largest absolute Gasteiger partial charge is 0.503 e. The lowest BCUT2D eigenvalue weighted by molar-refractivity contribution is 0.304. The molecule has 3 heterocycles. The number of benzene rings is 1. The Morgan fingerprint density at radius 3 is 2.76 bits per heavy atom. The predicted molar refractivity (Wildman–Crippen MR) is 128 cm³/mol. The number of aryl methyl sites for hydroxylation is 1. The van der Waals surface area contributed by atoms with Crippen molar-refractivity contribution in [3.63, 3.8) is 0 Å². The van der Waals surface area contributed by atoms with E-state index < -0.39 is 0 Å². The van der Waals surface area contributed by atoms with E-state index in [0.29, 0.717) is 17.7 Å². The minimum Gasteiger partial charge on any atom is -0.503 e. The summed E-state index contributed by atoms with van der Waals surface area (Å²) in [5, 5.41) is 24.8. The quantitative estimate of drug-likeness (QED) is 0.406. The van der Waals surface area contributed by atoms with E-state index in [-0.39, 0.29) is 17.8 Å². The van der Waals surface area contributed by atoms with E-state index in [4.69, 9.17) is 4.74 Å². The molecular weight excluding hydrogens is 418 g/mol. The maximum Gasteiger partial charge on any atom is 0.229 e. The smallest absolute Gasteiger partial charge is 0.229 e. The summed E-state index contributed by atoms with van der Waals surface area (Å²) in [6, 6.07) is 6.32. The highest BCUT2D eigenvalue weighted by Crippen LogP contribution is 2.37. The lowest BCUT2D eigenvalue weighted by Crippen LogP contribution is -2.09. The Bertz CT molecular complexity index is 1130. The van der Waals surface area contributed by atoms with Crippen LogP contribution >= 0.6 is 0 Å². The van der Waals surface area contributed by atoms with Crippen LogP contribution in [0.2, 0.25) is 0 Å². The normalized spacial score (nSPS) is 18.0. The standard InChI is InChI=1S/C24H31N7O2/c1-14(2)22-19(13-31(3)30-22)27-23-20(32)12-26-24(29-23)28-18-7-4-15(16-8-9-25-11-16)10-21(18)33-17-5-6-17/h4,7,10,12-14,16-17,25,32H,5-6,8-9,11H2,1-3H3,(H2,26,27,28,29). The van der Waals surface area contributed by atoms with Gasteiger partial charge in [-0.2, -0.15) is 10.1 Å². The molecule has 1 aliphatic carbocycles. The van der Waals surface area contributed by atoms with Crippen molar-refractivity contribution in [2.75, 3.05) is 23.7 Å². The van der Waals surface area contributed by atoms with Gasteiger partial charge in [0.1, 0.15) is 5.75 Å². The summed E-state index contributed by atoms with van der Waals surface area (Å²) in [4.78, 5) is 8.80. The van der Waals surface area contributed by atoms with Gasteiger partial charge in [0.15, 0.2) is 11.6 Å². The Morgan fingerprint density at radius 1 is 1.18 bits per heavy atom. The lowest BCUT2D eigenvalue weighted by atomic mass is 9.98. The number of aromatic hydroxyl groups is 1. The first-order valence-electron chi connectivity index (χ1n) is 11.6. The van der Waals surface area contributed by atoms with Gasteiger partial charge in [-0.1, -0.05) is 19.9 Å². The van der Waals surface area contributed by atoms with Crippen molar-refractivity contribution >= 4 is 23.1 Å². The number of nitrogens with zero attached hydrogens (tertiary/aromatic N) is 4. The summed E-state index contributed by atoms with van der Waals surface area (Å²) in [5.74, 6) is 2.23. The average molecular weight is 450 g/mol. The fourth-order valence-corrected chi connectivity index (χ4v) is 4.10. The molecule has 0 bridgehead atoms. The highest BCUT2D eigenvalue weighted by atomic mass is 16.5. The van der Waals surface area contributed by atoms with Crippen molar-refractivity contribution in [3.8, 4) is 11.5 Å². The van der Waals surface area contributed by atoms with Crippen molar-refractivity contribution in [2.45, 2.75) is 51.0 Å². The van der Waals surface area contributed by atoms with Crippen LogP contribution in [0, 0.1) is 0 Å². The second-order valence-electron chi connectivity index (χ2n) is 9.20. The molecule has 174 valence electrons. The summed E-state index contributed by atoms with van der Waals surface area (Å²) < 4.78 is 7.96. The second-order valence-corrected chi connectivity index (χ2v) is 9.20. The molecule has 5 rings (SSSR count). The van der Waals surface area contributed by atoms with E-state index in [1.165, 1.54) is 11.8 Å². The van der Waals surface area contributed by atoms with Crippen LogP contribution in [-0.2, 0) is 7.05 Å². The molecule has 2 fully saturated rings. The highest BCUT2D eigenvalue weighted by Gasteiger charge is 2.26. The van der Waals surface area contributed by atoms with Gasteiger partial charge >= 0.3 is 0 Å². The monoisotopic (exact) mass is 449 g/mol.